The van der Waals surface area contributed by atoms with Crippen LogP contribution in [0, 0.1) is 5.92 Å². The van der Waals surface area contributed by atoms with Crippen LogP contribution in [0.1, 0.15) is 46.0 Å². The van der Waals surface area contributed by atoms with Crippen molar-refractivity contribution in [3.8, 4) is 0 Å². The maximum Gasteiger partial charge on any atom is 0.321 e. The second-order valence-corrected chi connectivity index (χ2v) is 4.08. The SMILES string of the molecule is CCOC(CC)c1noc(NCC(C)C)n1. The number of nitrogens with one attached hydrogen (secondary N) is 1. The summed E-state index contributed by atoms with van der Waals surface area (Å²) in [5, 5.41) is 7.00. The Morgan fingerprint density at radius 1 is 1.38 bits per heavy atom. The predicted molar refractivity (Wildman–Crippen MR) is 62.3 cm³/mol. The number of hydrogen-bond donors (Lipinski definition) is 1. The van der Waals surface area contributed by atoms with Gasteiger partial charge in [0.05, 0.1) is 0 Å². The fourth-order valence-corrected chi connectivity index (χ4v) is 1.31. The first-order valence-corrected chi connectivity index (χ1v) is 5.86. The molecule has 1 aromatic rings. The summed E-state index contributed by atoms with van der Waals surface area (Å²) in [6, 6.07) is 0.474. The van der Waals surface area contributed by atoms with Gasteiger partial charge in [-0.05, 0) is 19.3 Å². The molecule has 0 bridgehead atoms. The average molecular weight is 227 g/mol. The van der Waals surface area contributed by atoms with Crippen molar-refractivity contribution in [1.29, 1.82) is 0 Å². The van der Waals surface area contributed by atoms with Gasteiger partial charge in [-0.15, -0.1) is 0 Å². The minimum atomic E-state index is -0.0663. The lowest BCUT2D eigenvalue weighted by molar-refractivity contribution is 0.0518. The highest BCUT2D eigenvalue weighted by atomic mass is 16.5. The van der Waals surface area contributed by atoms with E-state index in [9.17, 15) is 0 Å². The summed E-state index contributed by atoms with van der Waals surface area (Å²) in [6.07, 6.45) is 0.778. The summed E-state index contributed by atoms with van der Waals surface area (Å²) in [5.74, 6) is 1.17. The fourth-order valence-electron chi connectivity index (χ4n) is 1.31. The van der Waals surface area contributed by atoms with Crippen LogP contribution >= 0.6 is 0 Å². The van der Waals surface area contributed by atoms with Gasteiger partial charge in [-0.25, -0.2) is 0 Å². The van der Waals surface area contributed by atoms with E-state index >= 15 is 0 Å². The smallest absolute Gasteiger partial charge is 0.321 e. The lowest BCUT2D eigenvalue weighted by Gasteiger charge is -2.09. The van der Waals surface area contributed by atoms with Crippen LogP contribution in [0.25, 0.3) is 0 Å². The zero-order valence-electron chi connectivity index (χ0n) is 10.5. The van der Waals surface area contributed by atoms with Crippen LogP contribution in [-0.4, -0.2) is 23.3 Å². The third-order valence-electron chi connectivity index (χ3n) is 2.13. The van der Waals surface area contributed by atoms with Crippen molar-refractivity contribution in [2.45, 2.75) is 40.2 Å². The van der Waals surface area contributed by atoms with Gasteiger partial charge in [-0.1, -0.05) is 25.9 Å². The van der Waals surface area contributed by atoms with Gasteiger partial charge in [0.2, 0.25) is 5.82 Å². The Balaban J connectivity index is 2.55. The molecule has 92 valence electrons. The van der Waals surface area contributed by atoms with E-state index in [0.29, 0.717) is 24.4 Å². The number of hydrogen-bond acceptors (Lipinski definition) is 5. The molecule has 1 atom stereocenters. The van der Waals surface area contributed by atoms with E-state index in [1.165, 1.54) is 0 Å². The Hall–Kier alpha value is -1.10. The molecule has 0 radical (unpaired) electrons. The van der Waals surface area contributed by atoms with E-state index in [2.05, 4.69) is 29.3 Å². The summed E-state index contributed by atoms with van der Waals surface area (Å²) in [5.41, 5.74) is 0. The lowest BCUT2D eigenvalue weighted by Crippen LogP contribution is -2.09. The van der Waals surface area contributed by atoms with Gasteiger partial charge in [-0.2, -0.15) is 4.98 Å². The molecule has 5 heteroatoms. The fraction of sp³-hybridized carbons (Fsp3) is 0.818. The third-order valence-corrected chi connectivity index (χ3v) is 2.13. The minimum Gasteiger partial charge on any atom is -0.370 e. The third kappa shape index (κ3) is 3.81. The quantitative estimate of drug-likeness (QED) is 0.776. The van der Waals surface area contributed by atoms with Crippen molar-refractivity contribution < 1.29 is 9.26 Å². The molecule has 1 rings (SSSR count). The zero-order valence-corrected chi connectivity index (χ0v) is 10.5. The van der Waals surface area contributed by atoms with Gasteiger partial charge in [0, 0.05) is 13.2 Å². The van der Waals surface area contributed by atoms with E-state index in [0.717, 1.165) is 13.0 Å². The molecule has 0 aliphatic rings. The zero-order chi connectivity index (χ0) is 12.0. The highest BCUT2D eigenvalue weighted by molar-refractivity contribution is 5.18. The van der Waals surface area contributed by atoms with E-state index in [4.69, 9.17) is 9.26 Å². The highest BCUT2D eigenvalue weighted by Gasteiger charge is 2.16. The van der Waals surface area contributed by atoms with Crippen LogP contribution in [-0.2, 0) is 4.74 Å². The molecule has 0 saturated carbocycles. The molecule has 1 heterocycles. The molecule has 1 unspecified atom stereocenters. The predicted octanol–water partition coefficient (Wildman–Crippen LogP) is 2.63. The normalized spacial score (nSPS) is 13.1. The highest BCUT2D eigenvalue weighted by Crippen LogP contribution is 2.19. The average Bonchev–Trinajstić information content (AvgIpc) is 2.71. The molecule has 1 N–H and O–H groups in total. The van der Waals surface area contributed by atoms with Crippen molar-refractivity contribution >= 4 is 6.01 Å². The van der Waals surface area contributed by atoms with Crippen LogP contribution < -0.4 is 5.32 Å². The Labute approximate surface area is 96.6 Å². The molecule has 5 nitrogen and oxygen atoms in total. The molecule has 0 aliphatic carbocycles. The first kappa shape index (κ1) is 13.0. The molecule has 0 amide bonds. The number of ether oxygens (including phenoxy) is 1. The number of nitrogens with zero attached hydrogens (tertiary/aromatic N) is 2. The van der Waals surface area contributed by atoms with Crippen molar-refractivity contribution in [3.05, 3.63) is 5.82 Å². The number of aromatic nitrogens is 2. The maximum absolute atomic E-state index is 5.50. The van der Waals surface area contributed by atoms with Crippen molar-refractivity contribution in [3.63, 3.8) is 0 Å². The van der Waals surface area contributed by atoms with Crippen LogP contribution in [0.2, 0.25) is 0 Å². The van der Waals surface area contributed by atoms with Crippen LogP contribution in [0.5, 0.6) is 0 Å². The largest absolute Gasteiger partial charge is 0.370 e. The maximum atomic E-state index is 5.50. The minimum absolute atomic E-state index is 0.0663. The first-order chi connectivity index (χ1) is 7.67. The molecule has 0 aliphatic heterocycles. The monoisotopic (exact) mass is 227 g/mol. The van der Waals surface area contributed by atoms with Gasteiger partial charge >= 0.3 is 6.01 Å². The Bertz CT molecular complexity index is 299. The second-order valence-electron chi connectivity index (χ2n) is 4.08. The summed E-state index contributed by atoms with van der Waals surface area (Å²) in [7, 11) is 0. The molecule has 16 heavy (non-hydrogen) atoms. The summed E-state index contributed by atoms with van der Waals surface area (Å²) in [6.45, 7) is 9.73. The second kappa shape index (κ2) is 6.48. The summed E-state index contributed by atoms with van der Waals surface area (Å²) < 4.78 is 10.6. The van der Waals surface area contributed by atoms with Gasteiger partial charge in [-0.3, -0.25) is 0 Å². The van der Waals surface area contributed by atoms with Crippen molar-refractivity contribution in [2.24, 2.45) is 5.92 Å². The standard InChI is InChI=1S/C11H21N3O2/c1-5-9(15-6-2)10-13-11(16-14-10)12-7-8(3)4/h8-9H,5-7H2,1-4H3,(H,12,13,14). The number of rotatable bonds is 7. The van der Waals surface area contributed by atoms with Crippen LogP contribution in [0.15, 0.2) is 4.52 Å². The van der Waals surface area contributed by atoms with Crippen molar-refractivity contribution in [2.75, 3.05) is 18.5 Å². The summed E-state index contributed by atoms with van der Waals surface area (Å²) in [4.78, 5) is 4.26. The molecule has 0 fully saturated rings. The van der Waals surface area contributed by atoms with E-state index < -0.39 is 0 Å². The molecular weight excluding hydrogens is 206 g/mol. The van der Waals surface area contributed by atoms with Crippen LogP contribution in [0.3, 0.4) is 0 Å². The summed E-state index contributed by atoms with van der Waals surface area (Å²) >= 11 is 0. The van der Waals surface area contributed by atoms with E-state index in [-0.39, 0.29) is 6.10 Å². The van der Waals surface area contributed by atoms with Gasteiger partial charge < -0.3 is 14.6 Å². The lowest BCUT2D eigenvalue weighted by atomic mass is 10.2. The molecular formula is C11H21N3O2. The van der Waals surface area contributed by atoms with Crippen LogP contribution in [0.4, 0.5) is 6.01 Å². The van der Waals surface area contributed by atoms with E-state index in [1.807, 2.05) is 13.8 Å². The Morgan fingerprint density at radius 3 is 2.69 bits per heavy atom. The van der Waals surface area contributed by atoms with Gasteiger partial charge in [0.25, 0.3) is 0 Å². The molecule has 0 spiro atoms. The Kier molecular flexibility index (Phi) is 5.25. The van der Waals surface area contributed by atoms with Gasteiger partial charge in [0.15, 0.2) is 0 Å². The van der Waals surface area contributed by atoms with E-state index in [1.54, 1.807) is 0 Å². The number of anilines is 1. The molecule has 0 aromatic carbocycles. The molecule has 0 saturated heterocycles. The van der Waals surface area contributed by atoms with Crippen molar-refractivity contribution in [1.82, 2.24) is 10.1 Å². The molecule has 1 aromatic heterocycles. The topological polar surface area (TPSA) is 60.2 Å². The first-order valence-electron chi connectivity index (χ1n) is 5.86. The van der Waals surface area contributed by atoms with Gasteiger partial charge in [0.1, 0.15) is 6.10 Å². The Morgan fingerprint density at radius 2 is 2.12 bits per heavy atom.